The molecule has 0 aliphatic carbocycles. The predicted octanol–water partition coefficient (Wildman–Crippen LogP) is 4.59. The molecule has 2 aromatic carbocycles. The smallest absolute Gasteiger partial charge is 0.291 e. The lowest BCUT2D eigenvalue weighted by Crippen LogP contribution is -2.23. The second-order valence-electron chi connectivity index (χ2n) is 6.65. The summed E-state index contributed by atoms with van der Waals surface area (Å²) in [7, 11) is 0. The third kappa shape index (κ3) is 4.33. The second kappa shape index (κ2) is 8.76. The van der Waals surface area contributed by atoms with Gasteiger partial charge in [-0.2, -0.15) is 9.50 Å². The summed E-state index contributed by atoms with van der Waals surface area (Å²) in [6, 6.07) is 15.0. The molecule has 4 aromatic rings. The van der Waals surface area contributed by atoms with Crippen LogP contribution in [0.4, 0.5) is 0 Å². The lowest BCUT2D eigenvalue weighted by atomic mass is 10.2. The Balaban J connectivity index is 1.66. The summed E-state index contributed by atoms with van der Waals surface area (Å²) in [5.41, 5.74) is 1.52. The number of thiazole rings is 1. The van der Waals surface area contributed by atoms with Crippen molar-refractivity contribution in [1.29, 1.82) is 0 Å². The first kappa shape index (κ1) is 19.6. The summed E-state index contributed by atoms with van der Waals surface area (Å²) < 4.78 is 7.84. The maximum Gasteiger partial charge on any atom is 0.291 e. The zero-order chi connectivity index (χ0) is 20.2. The number of nitrogens with zero attached hydrogens (tertiary/aromatic N) is 3. The van der Waals surface area contributed by atoms with E-state index >= 15 is 0 Å². The van der Waals surface area contributed by atoms with E-state index in [2.05, 4.69) is 17.0 Å². The number of ether oxygens (including phenoxy) is 1. The highest BCUT2D eigenvalue weighted by atomic mass is 35.5. The molecule has 0 spiro atoms. The quantitative estimate of drug-likeness (QED) is 0.406. The van der Waals surface area contributed by atoms with Crippen molar-refractivity contribution in [2.24, 2.45) is 0 Å². The van der Waals surface area contributed by atoms with Gasteiger partial charge in [-0.25, -0.2) is 0 Å². The molecule has 0 saturated carbocycles. The molecule has 0 radical (unpaired) electrons. The molecule has 4 rings (SSSR count). The Morgan fingerprint density at radius 3 is 2.69 bits per heavy atom. The summed E-state index contributed by atoms with van der Waals surface area (Å²) >= 11 is 7.25. The highest BCUT2D eigenvalue weighted by Gasteiger charge is 2.12. The van der Waals surface area contributed by atoms with Gasteiger partial charge in [-0.05, 0) is 42.8 Å². The van der Waals surface area contributed by atoms with Crippen molar-refractivity contribution >= 4 is 34.0 Å². The van der Waals surface area contributed by atoms with E-state index in [1.54, 1.807) is 12.1 Å². The van der Waals surface area contributed by atoms with Crippen molar-refractivity contribution < 1.29 is 4.74 Å². The molecule has 0 aliphatic rings. The first-order chi connectivity index (χ1) is 14.2. The average Bonchev–Trinajstić information content (AvgIpc) is 3.27. The number of unbranched alkanes of at least 4 members (excludes halogenated alkanes) is 2. The van der Waals surface area contributed by atoms with Crippen LogP contribution >= 0.6 is 22.9 Å². The molecule has 0 saturated heterocycles. The van der Waals surface area contributed by atoms with E-state index in [0.717, 1.165) is 36.1 Å². The van der Waals surface area contributed by atoms with Gasteiger partial charge in [-0.15, -0.1) is 5.10 Å². The number of halogens is 1. The molecular formula is C22H20ClN3O2S. The van der Waals surface area contributed by atoms with Gasteiger partial charge >= 0.3 is 0 Å². The van der Waals surface area contributed by atoms with Crippen molar-refractivity contribution in [1.82, 2.24) is 14.6 Å². The van der Waals surface area contributed by atoms with Crippen LogP contribution in [0.5, 0.6) is 5.75 Å². The van der Waals surface area contributed by atoms with Crippen LogP contribution in [0.15, 0.2) is 53.3 Å². The topological polar surface area (TPSA) is 56.5 Å². The third-order valence-corrected chi connectivity index (χ3v) is 5.71. The molecule has 2 heterocycles. The van der Waals surface area contributed by atoms with E-state index in [0.29, 0.717) is 26.9 Å². The van der Waals surface area contributed by atoms with Gasteiger partial charge in [0.2, 0.25) is 4.96 Å². The first-order valence-corrected chi connectivity index (χ1v) is 10.7. The number of para-hydroxylation sites is 1. The Morgan fingerprint density at radius 2 is 1.93 bits per heavy atom. The number of aromatic nitrogens is 3. The molecule has 0 bridgehead atoms. The summed E-state index contributed by atoms with van der Waals surface area (Å²) in [4.78, 5) is 17.9. The monoisotopic (exact) mass is 425 g/mol. The van der Waals surface area contributed by atoms with Gasteiger partial charge in [0.05, 0.1) is 11.1 Å². The van der Waals surface area contributed by atoms with Gasteiger partial charge in [0.25, 0.3) is 5.56 Å². The van der Waals surface area contributed by atoms with Crippen molar-refractivity contribution in [3.63, 3.8) is 0 Å². The zero-order valence-corrected chi connectivity index (χ0v) is 17.5. The molecule has 0 amide bonds. The summed E-state index contributed by atoms with van der Waals surface area (Å²) in [6.45, 7) is 2.83. The Hall–Kier alpha value is -2.70. The van der Waals surface area contributed by atoms with E-state index in [1.165, 1.54) is 15.9 Å². The van der Waals surface area contributed by atoms with Crippen molar-refractivity contribution in [2.45, 2.75) is 26.2 Å². The first-order valence-electron chi connectivity index (χ1n) is 9.55. The van der Waals surface area contributed by atoms with Gasteiger partial charge in [-0.1, -0.05) is 60.9 Å². The molecule has 0 unspecified atom stereocenters. The number of benzene rings is 2. The molecule has 5 nitrogen and oxygen atoms in total. The highest BCUT2D eigenvalue weighted by Crippen LogP contribution is 2.21. The Morgan fingerprint density at radius 1 is 1.14 bits per heavy atom. The fourth-order valence-corrected chi connectivity index (χ4v) is 3.99. The van der Waals surface area contributed by atoms with Crippen LogP contribution in [0.2, 0.25) is 5.02 Å². The normalized spacial score (nSPS) is 12.0. The molecule has 2 aromatic heterocycles. The van der Waals surface area contributed by atoms with Crippen LogP contribution < -0.4 is 14.8 Å². The van der Waals surface area contributed by atoms with Crippen molar-refractivity contribution in [3.8, 4) is 17.1 Å². The highest BCUT2D eigenvalue weighted by molar-refractivity contribution is 7.15. The minimum Gasteiger partial charge on any atom is -0.493 e. The fraction of sp³-hybridized carbons (Fsp3) is 0.227. The molecule has 0 aliphatic heterocycles. The van der Waals surface area contributed by atoms with Gasteiger partial charge in [0.1, 0.15) is 5.75 Å². The lowest BCUT2D eigenvalue weighted by molar-refractivity contribution is 0.305. The van der Waals surface area contributed by atoms with Gasteiger partial charge in [-0.3, -0.25) is 4.79 Å². The van der Waals surface area contributed by atoms with Gasteiger partial charge in [0.15, 0.2) is 5.82 Å². The van der Waals surface area contributed by atoms with E-state index in [9.17, 15) is 4.79 Å². The zero-order valence-electron chi connectivity index (χ0n) is 16.0. The number of rotatable bonds is 7. The number of hydrogen-bond donors (Lipinski definition) is 0. The SMILES string of the molecule is CCCCCOc1ccccc1C=c1sc2nc(-c3ccc(Cl)cc3)nn2c1=O. The molecule has 7 heteroatoms. The molecule has 0 fully saturated rings. The Kier molecular flexibility index (Phi) is 5.92. The number of fused-ring (bicyclic) bond motifs is 1. The maximum atomic E-state index is 12.8. The molecule has 0 N–H and O–H groups in total. The van der Waals surface area contributed by atoms with E-state index in [4.69, 9.17) is 16.3 Å². The van der Waals surface area contributed by atoms with Crippen LogP contribution in [0.1, 0.15) is 31.7 Å². The van der Waals surface area contributed by atoms with Crippen LogP contribution in [0.25, 0.3) is 22.4 Å². The van der Waals surface area contributed by atoms with Crippen molar-refractivity contribution in [3.05, 3.63) is 74.0 Å². The average molecular weight is 426 g/mol. The van der Waals surface area contributed by atoms with Crippen LogP contribution in [-0.2, 0) is 0 Å². The molecule has 148 valence electrons. The van der Waals surface area contributed by atoms with Gasteiger partial charge < -0.3 is 4.74 Å². The Labute approximate surface area is 177 Å². The summed E-state index contributed by atoms with van der Waals surface area (Å²) in [5, 5.41) is 5.02. The van der Waals surface area contributed by atoms with Gasteiger partial charge in [0, 0.05) is 16.1 Å². The Bertz CT molecular complexity index is 1230. The van der Waals surface area contributed by atoms with Crippen molar-refractivity contribution in [2.75, 3.05) is 6.61 Å². The van der Waals surface area contributed by atoms with E-state index in [-0.39, 0.29) is 5.56 Å². The minimum atomic E-state index is -0.182. The third-order valence-electron chi connectivity index (χ3n) is 4.50. The largest absolute Gasteiger partial charge is 0.493 e. The fourth-order valence-electron chi connectivity index (χ4n) is 2.96. The molecule has 0 atom stereocenters. The molecular weight excluding hydrogens is 406 g/mol. The van der Waals surface area contributed by atoms with E-state index < -0.39 is 0 Å². The standard InChI is InChI=1S/C22H20ClN3O2S/c1-2-3-6-13-28-18-8-5-4-7-16(18)14-19-21(27)26-22(29-19)24-20(25-26)15-9-11-17(23)12-10-15/h4-5,7-12,14H,2-3,6,13H2,1H3. The minimum absolute atomic E-state index is 0.182. The summed E-state index contributed by atoms with van der Waals surface area (Å²) in [6.07, 6.45) is 5.15. The molecule has 29 heavy (non-hydrogen) atoms. The number of hydrogen-bond acceptors (Lipinski definition) is 5. The second-order valence-corrected chi connectivity index (χ2v) is 8.09. The van der Waals surface area contributed by atoms with Crippen LogP contribution in [-0.4, -0.2) is 21.2 Å². The van der Waals surface area contributed by atoms with Crippen LogP contribution in [0, 0.1) is 0 Å². The lowest BCUT2D eigenvalue weighted by Gasteiger charge is -2.08. The van der Waals surface area contributed by atoms with E-state index in [1.807, 2.05) is 42.5 Å². The maximum absolute atomic E-state index is 12.8. The summed E-state index contributed by atoms with van der Waals surface area (Å²) in [5.74, 6) is 1.29. The van der Waals surface area contributed by atoms with Crippen LogP contribution in [0.3, 0.4) is 0 Å². The predicted molar refractivity (Wildman–Crippen MR) is 118 cm³/mol.